The molecule has 3 rings (SSSR count). The molecule has 1 unspecified atom stereocenters. The molecule has 0 saturated heterocycles. The van der Waals surface area contributed by atoms with Crippen LogP contribution in [0.3, 0.4) is 0 Å². The molecule has 3 aromatic rings. The van der Waals surface area contributed by atoms with Crippen LogP contribution in [0.2, 0.25) is 0 Å². The summed E-state index contributed by atoms with van der Waals surface area (Å²) in [6, 6.07) is 20.5. The Morgan fingerprint density at radius 2 is 1.69 bits per heavy atom. The van der Waals surface area contributed by atoms with Crippen molar-refractivity contribution < 1.29 is 9.47 Å². The fraction of sp³-hybridized carbons (Fsp3) is 0.261. The Balaban J connectivity index is 1.59. The van der Waals surface area contributed by atoms with Crippen LogP contribution in [0.25, 0.3) is 0 Å². The zero-order chi connectivity index (χ0) is 18.4. The minimum Gasteiger partial charge on any atom is -0.494 e. The molecule has 1 radical (unpaired) electrons. The van der Waals surface area contributed by atoms with Crippen molar-refractivity contribution >= 4 is 11.3 Å². The van der Waals surface area contributed by atoms with E-state index in [-0.39, 0.29) is 0 Å². The Hall–Kier alpha value is -2.26. The number of hydrogen-bond donors (Lipinski definition) is 0. The Labute approximate surface area is 160 Å². The second-order valence-electron chi connectivity index (χ2n) is 6.41. The SMILES string of the molecule is CCOc1ccc([C](C)C(C)Cc2cc(Oc3ccccc3)cs2)cc1. The molecular formula is C23H25O2S. The maximum atomic E-state index is 5.91. The second-order valence-corrected chi connectivity index (χ2v) is 7.41. The molecule has 0 saturated carbocycles. The molecule has 1 aromatic heterocycles. The van der Waals surface area contributed by atoms with Gasteiger partial charge in [0.05, 0.1) is 6.61 Å². The number of para-hydroxylation sites is 1. The highest BCUT2D eigenvalue weighted by molar-refractivity contribution is 7.10. The molecule has 2 nitrogen and oxygen atoms in total. The summed E-state index contributed by atoms with van der Waals surface area (Å²) in [5.41, 5.74) is 1.28. The van der Waals surface area contributed by atoms with Crippen molar-refractivity contribution in [2.24, 2.45) is 5.92 Å². The van der Waals surface area contributed by atoms with E-state index in [9.17, 15) is 0 Å². The van der Waals surface area contributed by atoms with E-state index in [1.54, 1.807) is 11.3 Å². The maximum absolute atomic E-state index is 5.91. The van der Waals surface area contributed by atoms with Crippen LogP contribution in [0.4, 0.5) is 0 Å². The van der Waals surface area contributed by atoms with Crippen molar-refractivity contribution in [3.8, 4) is 17.2 Å². The lowest BCUT2D eigenvalue weighted by atomic mass is 9.86. The summed E-state index contributed by atoms with van der Waals surface area (Å²) in [7, 11) is 0. The Kier molecular flexibility index (Phi) is 6.35. The fourth-order valence-corrected chi connectivity index (χ4v) is 3.78. The molecule has 0 aliphatic rings. The molecule has 0 spiro atoms. The quantitative estimate of drug-likeness (QED) is 0.439. The monoisotopic (exact) mass is 365 g/mol. The second kappa shape index (κ2) is 8.91. The zero-order valence-corrected chi connectivity index (χ0v) is 16.4. The molecule has 0 aliphatic carbocycles. The van der Waals surface area contributed by atoms with Gasteiger partial charge in [0.25, 0.3) is 0 Å². The van der Waals surface area contributed by atoms with Crippen LogP contribution in [0, 0.1) is 11.8 Å². The van der Waals surface area contributed by atoms with Crippen molar-refractivity contribution in [2.45, 2.75) is 27.2 Å². The number of ether oxygens (including phenoxy) is 2. The van der Waals surface area contributed by atoms with Gasteiger partial charge in [0, 0.05) is 16.2 Å². The largest absolute Gasteiger partial charge is 0.494 e. The average Bonchev–Trinajstić information content (AvgIpc) is 3.09. The third-order valence-electron chi connectivity index (χ3n) is 4.48. The van der Waals surface area contributed by atoms with Crippen molar-refractivity contribution in [2.75, 3.05) is 6.61 Å². The summed E-state index contributed by atoms with van der Waals surface area (Å²) < 4.78 is 11.4. The topological polar surface area (TPSA) is 18.5 Å². The van der Waals surface area contributed by atoms with E-state index in [1.807, 2.05) is 49.4 Å². The van der Waals surface area contributed by atoms with Gasteiger partial charge in [-0.1, -0.05) is 44.2 Å². The summed E-state index contributed by atoms with van der Waals surface area (Å²) in [6.07, 6.45) is 1.02. The van der Waals surface area contributed by atoms with E-state index in [0.717, 1.165) is 23.7 Å². The number of rotatable bonds is 8. The Bertz CT molecular complexity index is 793. The molecule has 0 N–H and O–H groups in total. The summed E-state index contributed by atoms with van der Waals surface area (Å²) in [5, 5.41) is 2.08. The van der Waals surface area contributed by atoms with Crippen LogP contribution >= 0.6 is 11.3 Å². The highest BCUT2D eigenvalue weighted by Gasteiger charge is 2.17. The molecule has 0 bridgehead atoms. The van der Waals surface area contributed by atoms with Crippen molar-refractivity contribution in [3.63, 3.8) is 0 Å². The highest BCUT2D eigenvalue weighted by atomic mass is 32.1. The van der Waals surface area contributed by atoms with E-state index < -0.39 is 0 Å². The standard InChI is InChI=1S/C23H25O2S/c1-4-24-20-12-10-19(11-13-20)18(3)17(2)14-23-15-22(16-26-23)25-21-8-6-5-7-9-21/h5-13,15-17H,4,14H2,1-3H3. The lowest BCUT2D eigenvalue weighted by molar-refractivity contribution is 0.340. The van der Waals surface area contributed by atoms with Gasteiger partial charge in [-0.25, -0.2) is 0 Å². The minimum absolute atomic E-state index is 0.469. The van der Waals surface area contributed by atoms with Gasteiger partial charge in [-0.2, -0.15) is 0 Å². The average molecular weight is 366 g/mol. The smallest absolute Gasteiger partial charge is 0.138 e. The van der Waals surface area contributed by atoms with Crippen LogP contribution in [0.15, 0.2) is 66.0 Å². The normalized spacial score (nSPS) is 12.2. The first-order valence-electron chi connectivity index (χ1n) is 9.02. The van der Waals surface area contributed by atoms with Crippen molar-refractivity contribution in [1.82, 2.24) is 0 Å². The van der Waals surface area contributed by atoms with Crippen molar-refractivity contribution in [1.29, 1.82) is 0 Å². The highest BCUT2D eigenvalue weighted by Crippen LogP contribution is 2.32. The lowest BCUT2D eigenvalue weighted by Crippen LogP contribution is -2.09. The van der Waals surface area contributed by atoms with E-state index >= 15 is 0 Å². The minimum atomic E-state index is 0.469. The van der Waals surface area contributed by atoms with Gasteiger partial charge < -0.3 is 9.47 Å². The molecule has 2 aromatic carbocycles. The van der Waals surface area contributed by atoms with Gasteiger partial charge in [-0.3, -0.25) is 0 Å². The van der Waals surface area contributed by atoms with Crippen LogP contribution in [-0.4, -0.2) is 6.61 Å². The van der Waals surface area contributed by atoms with Gasteiger partial charge >= 0.3 is 0 Å². The first-order valence-corrected chi connectivity index (χ1v) is 9.90. The molecule has 0 amide bonds. The van der Waals surface area contributed by atoms with E-state index in [4.69, 9.17) is 9.47 Å². The summed E-state index contributed by atoms with van der Waals surface area (Å²) >= 11 is 1.76. The van der Waals surface area contributed by atoms with Crippen LogP contribution in [0.1, 0.15) is 31.2 Å². The molecule has 1 heterocycles. The zero-order valence-electron chi connectivity index (χ0n) is 15.6. The molecule has 0 aliphatic heterocycles. The van der Waals surface area contributed by atoms with Crippen LogP contribution < -0.4 is 9.47 Å². The van der Waals surface area contributed by atoms with E-state index in [1.165, 1.54) is 16.4 Å². The molecular weight excluding hydrogens is 340 g/mol. The predicted molar refractivity (Wildman–Crippen MR) is 109 cm³/mol. The molecule has 3 heteroatoms. The van der Waals surface area contributed by atoms with E-state index in [0.29, 0.717) is 12.5 Å². The molecule has 26 heavy (non-hydrogen) atoms. The Morgan fingerprint density at radius 3 is 2.38 bits per heavy atom. The van der Waals surface area contributed by atoms with E-state index in [2.05, 4.69) is 37.4 Å². The maximum Gasteiger partial charge on any atom is 0.138 e. The van der Waals surface area contributed by atoms with Gasteiger partial charge in [0.15, 0.2) is 0 Å². The number of thiophene rings is 1. The Morgan fingerprint density at radius 1 is 0.962 bits per heavy atom. The van der Waals surface area contributed by atoms with Crippen molar-refractivity contribution in [3.05, 3.63) is 82.4 Å². The van der Waals surface area contributed by atoms with Gasteiger partial charge in [0.2, 0.25) is 0 Å². The molecule has 1 atom stereocenters. The van der Waals surface area contributed by atoms with Crippen LogP contribution in [0.5, 0.6) is 17.2 Å². The van der Waals surface area contributed by atoms with Gasteiger partial charge in [0.1, 0.15) is 17.2 Å². The van der Waals surface area contributed by atoms with Crippen LogP contribution in [-0.2, 0) is 6.42 Å². The summed E-state index contributed by atoms with van der Waals surface area (Å²) in [4.78, 5) is 1.34. The first-order chi connectivity index (χ1) is 12.7. The first kappa shape index (κ1) is 18.5. The number of hydrogen-bond acceptors (Lipinski definition) is 3. The third-order valence-corrected chi connectivity index (χ3v) is 5.41. The van der Waals surface area contributed by atoms with Gasteiger partial charge in [-0.05, 0) is 55.2 Å². The van der Waals surface area contributed by atoms with Gasteiger partial charge in [-0.15, -0.1) is 11.3 Å². The predicted octanol–water partition coefficient (Wildman–Crippen LogP) is 6.76. The summed E-state index contributed by atoms with van der Waals surface area (Å²) in [6.45, 7) is 7.20. The molecule has 135 valence electrons. The summed E-state index contributed by atoms with van der Waals surface area (Å²) in [5.74, 6) is 4.59. The lowest BCUT2D eigenvalue weighted by Gasteiger charge is -2.19. The number of benzene rings is 2. The third kappa shape index (κ3) is 4.89. The molecule has 0 fully saturated rings. The fourth-order valence-electron chi connectivity index (χ4n) is 2.87.